The molecule has 0 fully saturated rings. The van der Waals surface area contributed by atoms with Gasteiger partial charge in [0.1, 0.15) is 6.54 Å². The summed E-state index contributed by atoms with van der Waals surface area (Å²) in [6.07, 6.45) is 1.62. The topological polar surface area (TPSA) is 96.7 Å². The van der Waals surface area contributed by atoms with Crippen LogP contribution in [-0.2, 0) is 21.4 Å². The molecule has 0 radical (unpaired) electrons. The highest BCUT2D eigenvalue weighted by molar-refractivity contribution is 7.89. The maximum atomic E-state index is 12.2. The first-order valence-corrected chi connectivity index (χ1v) is 9.99. The van der Waals surface area contributed by atoms with Gasteiger partial charge in [0.05, 0.1) is 28.0 Å². The van der Waals surface area contributed by atoms with Gasteiger partial charge in [0.25, 0.3) is 5.91 Å². The van der Waals surface area contributed by atoms with Crippen LogP contribution in [0.15, 0.2) is 64.9 Å². The quantitative estimate of drug-likeness (QED) is 0.505. The monoisotopic (exact) mass is 399 g/mol. The number of rotatable bonds is 6. The van der Waals surface area contributed by atoms with Gasteiger partial charge in [0.2, 0.25) is 10.0 Å². The van der Waals surface area contributed by atoms with E-state index in [-0.39, 0.29) is 17.3 Å². The number of carbonyl (C=O) groups excluding carboxylic acids is 1. The third kappa shape index (κ3) is 4.10. The Morgan fingerprint density at radius 1 is 1.14 bits per heavy atom. The van der Waals surface area contributed by atoms with E-state index in [4.69, 9.17) is 0 Å². The second kappa shape index (κ2) is 7.91. The Kier molecular flexibility index (Phi) is 5.57. The van der Waals surface area contributed by atoms with Crippen LogP contribution in [0.25, 0.3) is 11.0 Å². The van der Waals surface area contributed by atoms with Gasteiger partial charge in [0, 0.05) is 14.1 Å². The van der Waals surface area contributed by atoms with Crippen LogP contribution < -0.4 is 5.43 Å². The van der Waals surface area contributed by atoms with E-state index in [9.17, 15) is 13.2 Å². The predicted molar refractivity (Wildman–Crippen MR) is 107 cm³/mol. The number of hydrazone groups is 1. The van der Waals surface area contributed by atoms with Gasteiger partial charge in [-0.15, -0.1) is 0 Å². The van der Waals surface area contributed by atoms with E-state index in [1.54, 1.807) is 30.0 Å². The summed E-state index contributed by atoms with van der Waals surface area (Å²) >= 11 is 0. The maximum Gasteiger partial charge on any atom is 0.260 e. The van der Waals surface area contributed by atoms with E-state index in [0.29, 0.717) is 11.3 Å². The van der Waals surface area contributed by atoms with Gasteiger partial charge < -0.3 is 4.57 Å². The average molecular weight is 399 g/mol. The van der Waals surface area contributed by atoms with E-state index in [1.165, 1.54) is 26.2 Å². The number of sulfonamides is 1. The summed E-state index contributed by atoms with van der Waals surface area (Å²) in [5.41, 5.74) is 5.50. The molecule has 1 amide bonds. The zero-order valence-corrected chi connectivity index (χ0v) is 16.6. The molecule has 0 saturated heterocycles. The third-order valence-electron chi connectivity index (χ3n) is 4.24. The second-order valence-corrected chi connectivity index (χ2v) is 8.56. The van der Waals surface area contributed by atoms with E-state index < -0.39 is 10.0 Å². The Morgan fingerprint density at radius 2 is 1.82 bits per heavy atom. The number of para-hydroxylation sites is 2. The predicted octanol–water partition coefficient (Wildman–Crippen LogP) is 1.83. The summed E-state index contributed by atoms with van der Waals surface area (Å²) in [5.74, 6) is -0.283. The molecular formula is C19H21N5O3S. The Bertz CT molecular complexity index is 1130. The average Bonchev–Trinajstić information content (AvgIpc) is 3.09. The highest BCUT2D eigenvalue weighted by Crippen LogP contribution is 2.14. The fourth-order valence-electron chi connectivity index (χ4n) is 2.62. The number of nitrogens with one attached hydrogen (secondary N) is 1. The summed E-state index contributed by atoms with van der Waals surface area (Å²) in [4.78, 5) is 16.6. The smallest absolute Gasteiger partial charge is 0.260 e. The largest absolute Gasteiger partial charge is 0.321 e. The Morgan fingerprint density at radius 3 is 2.50 bits per heavy atom. The molecule has 1 N–H and O–H groups in total. The van der Waals surface area contributed by atoms with Gasteiger partial charge in [-0.05, 0) is 36.8 Å². The number of nitrogens with zero attached hydrogens (tertiary/aromatic N) is 4. The van der Waals surface area contributed by atoms with Gasteiger partial charge >= 0.3 is 0 Å². The van der Waals surface area contributed by atoms with Crippen molar-refractivity contribution in [2.45, 2.75) is 18.4 Å². The van der Waals surface area contributed by atoms with E-state index in [1.807, 2.05) is 24.3 Å². The molecule has 1 heterocycles. The van der Waals surface area contributed by atoms with Crippen LogP contribution in [0, 0.1) is 0 Å². The number of hydrogen-bond donors (Lipinski definition) is 1. The summed E-state index contributed by atoms with van der Waals surface area (Å²) in [5, 5.41) is 4.11. The van der Waals surface area contributed by atoms with Crippen LogP contribution in [0.2, 0.25) is 0 Å². The van der Waals surface area contributed by atoms with Crippen LogP contribution in [0.5, 0.6) is 0 Å². The second-order valence-electron chi connectivity index (χ2n) is 6.41. The molecule has 0 saturated carbocycles. The molecule has 3 aromatic rings. The van der Waals surface area contributed by atoms with Crippen molar-refractivity contribution >= 4 is 32.7 Å². The lowest BCUT2D eigenvalue weighted by molar-refractivity contribution is -0.121. The van der Waals surface area contributed by atoms with Gasteiger partial charge in [-0.3, -0.25) is 4.79 Å². The summed E-state index contributed by atoms with van der Waals surface area (Å²) in [6.45, 7) is 1.83. The lowest BCUT2D eigenvalue weighted by atomic mass is 10.1. The van der Waals surface area contributed by atoms with Crippen LogP contribution in [0.4, 0.5) is 0 Å². The minimum atomic E-state index is -3.48. The number of fused-ring (bicyclic) bond motifs is 1. The molecule has 0 unspecified atom stereocenters. The SMILES string of the molecule is C/C(=N/NC(=O)Cn1cnc2ccccc21)c1ccc(S(=O)(=O)N(C)C)cc1. The maximum absolute atomic E-state index is 12.2. The Labute approximate surface area is 163 Å². The lowest BCUT2D eigenvalue weighted by Crippen LogP contribution is -2.24. The molecule has 2 aromatic carbocycles. The first-order chi connectivity index (χ1) is 13.3. The van der Waals surface area contributed by atoms with Crippen molar-refractivity contribution in [3.8, 4) is 0 Å². The van der Waals surface area contributed by atoms with Crippen molar-refractivity contribution in [3.05, 3.63) is 60.4 Å². The standard InChI is InChI=1S/C19H21N5O3S/c1-14(15-8-10-16(11-9-15)28(26,27)23(2)3)21-22-19(25)12-24-13-20-17-6-4-5-7-18(17)24/h4-11,13H,12H2,1-3H3,(H,22,25)/b21-14-. The van der Waals surface area contributed by atoms with E-state index in [2.05, 4.69) is 15.5 Å². The fraction of sp³-hybridized carbons (Fsp3) is 0.211. The summed E-state index contributed by atoms with van der Waals surface area (Å²) < 4.78 is 27.1. The number of benzene rings is 2. The fourth-order valence-corrected chi connectivity index (χ4v) is 3.52. The molecule has 146 valence electrons. The van der Waals surface area contributed by atoms with Crippen molar-refractivity contribution < 1.29 is 13.2 Å². The number of imidazole rings is 1. The lowest BCUT2D eigenvalue weighted by Gasteiger charge is -2.11. The van der Waals surface area contributed by atoms with Gasteiger partial charge in [0.15, 0.2) is 0 Å². The zero-order chi connectivity index (χ0) is 20.3. The number of carbonyl (C=O) groups is 1. The van der Waals surface area contributed by atoms with Crippen molar-refractivity contribution in [2.24, 2.45) is 5.10 Å². The summed E-state index contributed by atoms with van der Waals surface area (Å²) in [6, 6.07) is 13.9. The molecule has 9 heteroatoms. The Balaban J connectivity index is 1.67. The van der Waals surface area contributed by atoms with Crippen molar-refractivity contribution in [2.75, 3.05) is 14.1 Å². The molecule has 28 heavy (non-hydrogen) atoms. The normalized spacial score (nSPS) is 12.5. The van der Waals surface area contributed by atoms with Crippen LogP contribution in [0.1, 0.15) is 12.5 Å². The molecule has 0 bridgehead atoms. The van der Waals surface area contributed by atoms with Crippen molar-refractivity contribution in [1.29, 1.82) is 0 Å². The summed E-state index contributed by atoms with van der Waals surface area (Å²) in [7, 11) is -0.515. The van der Waals surface area contributed by atoms with Gasteiger partial charge in [-0.25, -0.2) is 23.1 Å². The third-order valence-corrected chi connectivity index (χ3v) is 6.07. The van der Waals surface area contributed by atoms with Crippen LogP contribution >= 0.6 is 0 Å². The minimum Gasteiger partial charge on any atom is -0.321 e. The molecule has 1 aromatic heterocycles. The molecule has 0 aliphatic heterocycles. The van der Waals surface area contributed by atoms with Crippen molar-refractivity contribution in [1.82, 2.24) is 19.3 Å². The van der Waals surface area contributed by atoms with E-state index >= 15 is 0 Å². The highest BCUT2D eigenvalue weighted by Gasteiger charge is 2.16. The highest BCUT2D eigenvalue weighted by atomic mass is 32.2. The Hall–Kier alpha value is -3.04. The molecule has 8 nitrogen and oxygen atoms in total. The van der Waals surface area contributed by atoms with Gasteiger partial charge in [-0.1, -0.05) is 24.3 Å². The molecule has 0 atom stereocenters. The van der Waals surface area contributed by atoms with Crippen LogP contribution in [-0.4, -0.2) is 48.0 Å². The van der Waals surface area contributed by atoms with E-state index in [0.717, 1.165) is 15.3 Å². The molecule has 0 aliphatic rings. The minimum absolute atomic E-state index is 0.0946. The number of hydrogen-bond acceptors (Lipinski definition) is 5. The molecule has 0 aliphatic carbocycles. The molecule has 3 rings (SSSR count). The van der Waals surface area contributed by atoms with Crippen LogP contribution in [0.3, 0.4) is 0 Å². The zero-order valence-electron chi connectivity index (χ0n) is 15.8. The number of aromatic nitrogens is 2. The first kappa shape index (κ1) is 19.7. The van der Waals surface area contributed by atoms with Crippen molar-refractivity contribution in [3.63, 3.8) is 0 Å². The number of amides is 1. The van der Waals surface area contributed by atoms with Gasteiger partial charge in [-0.2, -0.15) is 5.10 Å². The molecular weight excluding hydrogens is 378 g/mol. The molecule has 0 spiro atoms. The first-order valence-electron chi connectivity index (χ1n) is 8.55.